The number of aryl methyl sites for hydroxylation is 1. The van der Waals surface area contributed by atoms with E-state index in [-0.39, 0.29) is 6.04 Å². The van der Waals surface area contributed by atoms with Gasteiger partial charge in [-0.15, -0.1) is 0 Å². The molecule has 0 aliphatic heterocycles. The maximum atomic E-state index is 6.15. The molecule has 5 nitrogen and oxygen atoms in total. The van der Waals surface area contributed by atoms with E-state index in [4.69, 9.17) is 10.5 Å². The molecule has 1 atom stereocenters. The summed E-state index contributed by atoms with van der Waals surface area (Å²) in [4.78, 5) is 8.69. The quantitative estimate of drug-likeness (QED) is 0.818. The summed E-state index contributed by atoms with van der Waals surface area (Å²) < 4.78 is 5.55. The van der Waals surface area contributed by atoms with Crippen molar-refractivity contribution in [2.24, 2.45) is 5.73 Å². The Hall–Kier alpha value is -2.14. The number of rotatable bonds is 7. The molecule has 3 N–H and O–H groups in total. The van der Waals surface area contributed by atoms with Gasteiger partial charge in [-0.1, -0.05) is 37.3 Å². The average molecular weight is 286 g/mol. The number of nitrogens with two attached hydrogens (primary N) is 1. The molecule has 0 amide bonds. The summed E-state index contributed by atoms with van der Waals surface area (Å²) >= 11 is 0. The Kier molecular flexibility index (Phi) is 5.51. The van der Waals surface area contributed by atoms with E-state index in [1.807, 2.05) is 43.3 Å². The number of hydrogen-bond donors (Lipinski definition) is 2. The molecule has 1 heterocycles. The van der Waals surface area contributed by atoms with Crippen LogP contribution in [0.5, 0.6) is 5.88 Å². The van der Waals surface area contributed by atoms with Crippen LogP contribution in [0.4, 0.5) is 5.95 Å². The first-order valence-corrected chi connectivity index (χ1v) is 7.22. The first-order valence-electron chi connectivity index (χ1n) is 7.22. The van der Waals surface area contributed by atoms with E-state index in [1.165, 1.54) is 0 Å². The topological polar surface area (TPSA) is 73.1 Å². The summed E-state index contributed by atoms with van der Waals surface area (Å²) in [6.07, 6.45) is 0.949. The third-order valence-corrected chi connectivity index (χ3v) is 2.99. The van der Waals surface area contributed by atoms with Crippen molar-refractivity contribution < 1.29 is 4.74 Å². The van der Waals surface area contributed by atoms with Crippen molar-refractivity contribution in [3.8, 4) is 5.88 Å². The van der Waals surface area contributed by atoms with Crippen molar-refractivity contribution in [3.63, 3.8) is 0 Å². The first-order chi connectivity index (χ1) is 10.2. The number of anilines is 1. The maximum absolute atomic E-state index is 6.15. The van der Waals surface area contributed by atoms with Gasteiger partial charge in [0.05, 0.1) is 6.61 Å². The molecule has 0 saturated carbocycles. The largest absolute Gasteiger partial charge is 0.478 e. The second-order valence-electron chi connectivity index (χ2n) is 4.92. The Morgan fingerprint density at radius 2 is 2.00 bits per heavy atom. The molecule has 0 fully saturated rings. The Labute approximate surface area is 125 Å². The predicted molar refractivity (Wildman–Crippen MR) is 84.4 cm³/mol. The zero-order chi connectivity index (χ0) is 15.1. The van der Waals surface area contributed by atoms with Crippen LogP contribution < -0.4 is 15.8 Å². The zero-order valence-electron chi connectivity index (χ0n) is 12.5. The highest BCUT2D eigenvalue weighted by molar-refractivity contribution is 5.32. The highest BCUT2D eigenvalue weighted by Gasteiger charge is 2.07. The van der Waals surface area contributed by atoms with Crippen molar-refractivity contribution in [1.82, 2.24) is 9.97 Å². The summed E-state index contributed by atoms with van der Waals surface area (Å²) in [7, 11) is 0. The van der Waals surface area contributed by atoms with Gasteiger partial charge in [0.1, 0.15) is 0 Å². The van der Waals surface area contributed by atoms with Gasteiger partial charge < -0.3 is 15.8 Å². The minimum absolute atomic E-state index is 0.102. The first kappa shape index (κ1) is 15.3. The smallest absolute Gasteiger partial charge is 0.226 e. The fraction of sp³-hybridized carbons (Fsp3) is 0.375. The number of ether oxygens (including phenoxy) is 1. The van der Waals surface area contributed by atoms with E-state index in [2.05, 4.69) is 22.2 Å². The van der Waals surface area contributed by atoms with Crippen molar-refractivity contribution in [2.45, 2.75) is 26.3 Å². The van der Waals surface area contributed by atoms with Gasteiger partial charge in [-0.3, -0.25) is 0 Å². The number of benzene rings is 1. The Balaban J connectivity index is 1.97. The molecule has 2 rings (SSSR count). The van der Waals surface area contributed by atoms with E-state index in [9.17, 15) is 0 Å². The van der Waals surface area contributed by atoms with Crippen LogP contribution in [0.25, 0.3) is 0 Å². The summed E-state index contributed by atoms with van der Waals surface area (Å²) in [5.74, 6) is 1.15. The number of nitrogens with one attached hydrogen (secondary N) is 1. The number of nitrogens with zero attached hydrogens (tertiary/aromatic N) is 2. The second-order valence-corrected chi connectivity index (χ2v) is 4.92. The lowest BCUT2D eigenvalue weighted by atomic mass is 10.1. The van der Waals surface area contributed by atoms with E-state index in [0.717, 1.165) is 17.7 Å². The molecule has 1 aromatic heterocycles. The van der Waals surface area contributed by atoms with E-state index in [1.54, 1.807) is 0 Å². The third kappa shape index (κ3) is 4.72. The number of hydrogen-bond acceptors (Lipinski definition) is 5. The zero-order valence-corrected chi connectivity index (χ0v) is 12.5. The lowest BCUT2D eigenvalue weighted by molar-refractivity contribution is 0.305. The molecule has 2 aromatic rings. The standard InChI is InChI=1S/C16H22N4O/c1-3-9-21-15-10-12(2)19-16(20-15)18-11-14(17)13-7-5-4-6-8-13/h4-8,10,14H,3,9,11,17H2,1-2H3,(H,18,19,20). The number of aromatic nitrogens is 2. The van der Waals surface area contributed by atoms with Crippen LogP contribution in [-0.4, -0.2) is 23.1 Å². The minimum atomic E-state index is -0.102. The molecule has 0 saturated heterocycles. The van der Waals surface area contributed by atoms with Gasteiger partial charge in [0.15, 0.2) is 0 Å². The van der Waals surface area contributed by atoms with E-state index in [0.29, 0.717) is 25.0 Å². The van der Waals surface area contributed by atoms with Gasteiger partial charge in [-0.05, 0) is 18.9 Å². The van der Waals surface area contributed by atoms with Crippen LogP contribution in [0.3, 0.4) is 0 Å². The lowest BCUT2D eigenvalue weighted by Gasteiger charge is -2.14. The van der Waals surface area contributed by atoms with Crippen molar-refractivity contribution in [2.75, 3.05) is 18.5 Å². The van der Waals surface area contributed by atoms with Crippen LogP contribution in [0, 0.1) is 6.92 Å². The molecule has 5 heteroatoms. The molecular formula is C16H22N4O. The van der Waals surface area contributed by atoms with Gasteiger partial charge in [-0.2, -0.15) is 4.98 Å². The van der Waals surface area contributed by atoms with Crippen molar-refractivity contribution in [3.05, 3.63) is 47.7 Å². The lowest BCUT2D eigenvalue weighted by Crippen LogP contribution is -2.21. The monoisotopic (exact) mass is 286 g/mol. The van der Waals surface area contributed by atoms with Gasteiger partial charge in [-0.25, -0.2) is 4.98 Å². The summed E-state index contributed by atoms with van der Waals surface area (Å²) in [5, 5.41) is 3.17. The second kappa shape index (κ2) is 7.59. The fourth-order valence-electron chi connectivity index (χ4n) is 1.92. The summed E-state index contributed by atoms with van der Waals surface area (Å²) in [6, 6.07) is 11.7. The van der Waals surface area contributed by atoms with Gasteiger partial charge in [0, 0.05) is 24.3 Å². The van der Waals surface area contributed by atoms with Gasteiger partial charge in [0.25, 0.3) is 0 Å². The third-order valence-electron chi connectivity index (χ3n) is 2.99. The van der Waals surface area contributed by atoms with Crippen molar-refractivity contribution in [1.29, 1.82) is 0 Å². The molecule has 0 aliphatic carbocycles. The molecule has 21 heavy (non-hydrogen) atoms. The minimum Gasteiger partial charge on any atom is -0.478 e. The molecule has 0 radical (unpaired) electrons. The summed E-state index contributed by atoms with van der Waals surface area (Å²) in [6.45, 7) is 5.20. The molecular weight excluding hydrogens is 264 g/mol. The van der Waals surface area contributed by atoms with Gasteiger partial charge >= 0.3 is 0 Å². The predicted octanol–water partition coefficient (Wildman–Crippen LogP) is 2.69. The van der Waals surface area contributed by atoms with Crippen LogP contribution in [-0.2, 0) is 0 Å². The summed E-state index contributed by atoms with van der Waals surface area (Å²) in [5.41, 5.74) is 8.10. The van der Waals surface area contributed by atoms with Crippen LogP contribution in [0.2, 0.25) is 0 Å². The molecule has 1 aromatic carbocycles. The van der Waals surface area contributed by atoms with Gasteiger partial charge in [0.2, 0.25) is 11.8 Å². The maximum Gasteiger partial charge on any atom is 0.226 e. The molecule has 0 aliphatic rings. The van der Waals surface area contributed by atoms with Crippen molar-refractivity contribution >= 4 is 5.95 Å². The fourth-order valence-corrected chi connectivity index (χ4v) is 1.92. The normalized spacial score (nSPS) is 12.0. The molecule has 0 spiro atoms. The van der Waals surface area contributed by atoms with E-state index >= 15 is 0 Å². The average Bonchev–Trinajstić information content (AvgIpc) is 2.51. The SMILES string of the molecule is CCCOc1cc(C)nc(NCC(N)c2ccccc2)n1. The van der Waals surface area contributed by atoms with E-state index < -0.39 is 0 Å². The Morgan fingerprint density at radius 1 is 1.24 bits per heavy atom. The van der Waals surface area contributed by atoms with Crippen LogP contribution in [0.1, 0.15) is 30.6 Å². The van der Waals surface area contributed by atoms with Crippen LogP contribution >= 0.6 is 0 Å². The molecule has 1 unspecified atom stereocenters. The highest BCUT2D eigenvalue weighted by atomic mass is 16.5. The van der Waals surface area contributed by atoms with Crippen LogP contribution in [0.15, 0.2) is 36.4 Å². The Bertz CT molecular complexity index is 559. The molecule has 0 bridgehead atoms. The Morgan fingerprint density at radius 3 is 2.71 bits per heavy atom. The molecule has 112 valence electrons. The highest BCUT2D eigenvalue weighted by Crippen LogP contribution is 2.14.